The highest BCUT2D eigenvalue weighted by molar-refractivity contribution is 7.89. The van der Waals surface area contributed by atoms with E-state index in [0.29, 0.717) is 12.8 Å². The first-order valence-electron chi connectivity index (χ1n) is 5.76. The van der Waals surface area contributed by atoms with Gasteiger partial charge in [0, 0.05) is 0 Å². The van der Waals surface area contributed by atoms with Gasteiger partial charge in [-0.05, 0) is 24.6 Å². The molecule has 0 heterocycles. The summed E-state index contributed by atoms with van der Waals surface area (Å²) in [5.74, 6) is -0.199. The third kappa shape index (κ3) is 4.24. The molecule has 0 aliphatic carbocycles. The summed E-state index contributed by atoms with van der Waals surface area (Å²) in [7, 11) is -3.84. The molecule has 0 amide bonds. The number of hydrogen-bond donors (Lipinski definition) is 3. The van der Waals surface area contributed by atoms with Crippen molar-refractivity contribution in [2.75, 3.05) is 0 Å². The van der Waals surface area contributed by atoms with Crippen LogP contribution in [-0.4, -0.2) is 25.5 Å². The second-order valence-corrected chi connectivity index (χ2v) is 6.59. The third-order valence-corrected chi connectivity index (χ3v) is 4.76. The Balaban J connectivity index is 3.06. The monoisotopic (exact) mass is 339 g/mol. The zero-order valence-electron chi connectivity index (χ0n) is 10.7. The van der Waals surface area contributed by atoms with E-state index in [0.717, 1.165) is 0 Å². The maximum absolute atomic E-state index is 12.2. The molecule has 1 atom stereocenters. The molecule has 0 aromatic heterocycles. The van der Waals surface area contributed by atoms with Gasteiger partial charge in [-0.1, -0.05) is 41.7 Å². The predicted molar refractivity (Wildman–Crippen MR) is 78.9 cm³/mol. The number of amidine groups is 1. The van der Waals surface area contributed by atoms with Gasteiger partial charge in [-0.25, -0.2) is 13.1 Å². The summed E-state index contributed by atoms with van der Waals surface area (Å²) in [5, 5.41) is 11.9. The van der Waals surface area contributed by atoms with E-state index < -0.39 is 16.1 Å². The predicted octanol–water partition coefficient (Wildman–Crippen LogP) is 2.19. The van der Waals surface area contributed by atoms with Crippen LogP contribution in [0.1, 0.15) is 19.8 Å². The number of oxime groups is 1. The Hall–Kier alpha value is -1.02. The topological polar surface area (TPSA) is 105 Å². The van der Waals surface area contributed by atoms with Crippen molar-refractivity contribution in [1.29, 1.82) is 0 Å². The number of hydrogen-bond acceptors (Lipinski definition) is 4. The minimum Gasteiger partial charge on any atom is -0.409 e. The molecular formula is C11H15Cl2N3O3S. The minimum absolute atomic E-state index is 0.0428. The number of nitrogens with one attached hydrogen (secondary N) is 1. The number of sulfonamides is 1. The molecule has 6 nitrogen and oxygen atoms in total. The van der Waals surface area contributed by atoms with E-state index in [1.54, 1.807) is 0 Å². The van der Waals surface area contributed by atoms with Crippen LogP contribution in [0.4, 0.5) is 0 Å². The molecule has 1 rings (SSSR count). The lowest BCUT2D eigenvalue weighted by molar-refractivity contribution is 0.315. The van der Waals surface area contributed by atoms with Crippen LogP contribution in [0.15, 0.2) is 28.3 Å². The lowest BCUT2D eigenvalue weighted by Gasteiger charge is -2.16. The molecule has 0 aliphatic heterocycles. The highest BCUT2D eigenvalue weighted by atomic mass is 35.5. The molecule has 1 unspecified atom stereocenters. The van der Waals surface area contributed by atoms with Crippen LogP contribution >= 0.6 is 23.2 Å². The first-order chi connectivity index (χ1) is 9.31. The number of rotatable bonds is 6. The van der Waals surface area contributed by atoms with Crippen molar-refractivity contribution < 1.29 is 13.6 Å². The summed E-state index contributed by atoms with van der Waals surface area (Å²) in [5.41, 5.74) is 5.47. The number of benzene rings is 1. The van der Waals surface area contributed by atoms with Gasteiger partial charge in [0.05, 0.1) is 21.0 Å². The molecule has 0 spiro atoms. The lowest BCUT2D eigenvalue weighted by atomic mass is 10.2. The Morgan fingerprint density at radius 3 is 2.60 bits per heavy atom. The van der Waals surface area contributed by atoms with Crippen molar-refractivity contribution in [3.8, 4) is 0 Å². The summed E-state index contributed by atoms with van der Waals surface area (Å²) in [6, 6.07) is 3.16. The van der Waals surface area contributed by atoms with Crippen LogP contribution in [0.25, 0.3) is 0 Å². The highest BCUT2D eigenvalue weighted by Crippen LogP contribution is 2.24. The molecule has 9 heteroatoms. The van der Waals surface area contributed by atoms with Crippen molar-refractivity contribution >= 4 is 39.1 Å². The van der Waals surface area contributed by atoms with Crippen LogP contribution in [0.3, 0.4) is 0 Å². The van der Waals surface area contributed by atoms with E-state index in [1.165, 1.54) is 18.2 Å². The molecule has 0 fully saturated rings. The summed E-state index contributed by atoms with van der Waals surface area (Å²) in [6.45, 7) is 1.85. The Labute approximate surface area is 127 Å². The van der Waals surface area contributed by atoms with Gasteiger partial charge < -0.3 is 10.9 Å². The van der Waals surface area contributed by atoms with Crippen LogP contribution in [0.5, 0.6) is 0 Å². The fourth-order valence-corrected chi connectivity index (χ4v) is 3.16. The normalized spacial score (nSPS) is 14.2. The van der Waals surface area contributed by atoms with Gasteiger partial charge in [0.15, 0.2) is 5.84 Å². The highest BCUT2D eigenvalue weighted by Gasteiger charge is 2.23. The number of halogens is 2. The van der Waals surface area contributed by atoms with Gasteiger partial charge in [-0.15, -0.1) is 0 Å². The SMILES string of the molecule is CCCC(NS(=O)(=O)c1ccc(Cl)c(Cl)c1)/C(N)=N/O. The molecule has 1 aromatic carbocycles. The molecule has 0 saturated carbocycles. The Bertz CT molecular complexity index is 605. The van der Waals surface area contributed by atoms with E-state index in [1.807, 2.05) is 6.92 Å². The first-order valence-corrected chi connectivity index (χ1v) is 8.00. The van der Waals surface area contributed by atoms with Gasteiger partial charge in [0.2, 0.25) is 10.0 Å². The minimum atomic E-state index is -3.84. The van der Waals surface area contributed by atoms with Crippen molar-refractivity contribution in [2.45, 2.75) is 30.7 Å². The zero-order valence-corrected chi connectivity index (χ0v) is 13.0. The van der Waals surface area contributed by atoms with Crippen LogP contribution in [0, 0.1) is 0 Å². The lowest BCUT2D eigenvalue weighted by Crippen LogP contribution is -2.44. The van der Waals surface area contributed by atoms with E-state index in [2.05, 4.69) is 9.88 Å². The molecule has 20 heavy (non-hydrogen) atoms. The fourth-order valence-electron chi connectivity index (χ4n) is 1.52. The smallest absolute Gasteiger partial charge is 0.241 e. The van der Waals surface area contributed by atoms with Gasteiger partial charge in [-0.2, -0.15) is 0 Å². The average Bonchev–Trinajstić information content (AvgIpc) is 2.40. The van der Waals surface area contributed by atoms with Gasteiger partial charge in [0.25, 0.3) is 0 Å². The van der Waals surface area contributed by atoms with E-state index >= 15 is 0 Å². The molecule has 112 valence electrons. The van der Waals surface area contributed by atoms with Crippen molar-refractivity contribution in [3.63, 3.8) is 0 Å². The van der Waals surface area contributed by atoms with Crippen molar-refractivity contribution in [3.05, 3.63) is 28.2 Å². The van der Waals surface area contributed by atoms with Crippen LogP contribution in [0.2, 0.25) is 10.0 Å². The molecule has 0 radical (unpaired) electrons. The summed E-state index contributed by atoms with van der Waals surface area (Å²) in [4.78, 5) is -0.0428. The largest absolute Gasteiger partial charge is 0.409 e. The second-order valence-electron chi connectivity index (χ2n) is 4.06. The van der Waals surface area contributed by atoms with Gasteiger partial charge >= 0.3 is 0 Å². The van der Waals surface area contributed by atoms with Crippen molar-refractivity contribution in [1.82, 2.24) is 4.72 Å². The Kier molecular flexibility index (Phi) is 6.07. The maximum Gasteiger partial charge on any atom is 0.241 e. The van der Waals surface area contributed by atoms with E-state index in [-0.39, 0.29) is 20.8 Å². The summed E-state index contributed by atoms with van der Waals surface area (Å²) < 4.78 is 26.8. The standard InChI is InChI=1S/C11H15Cl2N3O3S/c1-2-3-10(11(14)15-17)16-20(18,19)7-4-5-8(12)9(13)6-7/h4-6,10,16-17H,2-3H2,1H3,(H2,14,15). The van der Waals surface area contributed by atoms with Gasteiger partial charge in [-0.3, -0.25) is 0 Å². The van der Waals surface area contributed by atoms with E-state index in [9.17, 15) is 8.42 Å². The Morgan fingerprint density at radius 2 is 2.10 bits per heavy atom. The van der Waals surface area contributed by atoms with Crippen molar-refractivity contribution in [2.24, 2.45) is 10.9 Å². The fraction of sp³-hybridized carbons (Fsp3) is 0.364. The van der Waals surface area contributed by atoms with Crippen LogP contribution < -0.4 is 10.5 Å². The van der Waals surface area contributed by atoms with E-state index in [4.69, 9.17) is 34.1 Å². The Morgan fingerprint density at radius 1 is 1.45 bits per heavy atom. The third-order valence-electron chi connectivity index (χ3n) is 2.55. The van der Waals surface area contributed by atoms with Gasteiger partial charge in [0.1, 0.15) is 0 Å². The average molecular weight is 340 g/mol. The molecule has 0 bridgehead atoms. The quantitative estimate of drug-likeness (QED) is 0.319. The molecule has 4 N–H and O–H groups in total. The molecular weight excluding hydrogens is 325 g/mol. The second kappa shape index (κ2) is 7.12. The molecule has 0 saturated heterocycles. The molecule has 1 aromatic rings. The van der Waals surface area contributed by atoms with Crippen LogP contribution in [-0.2, 0) is 10.0 Å². The number of nitrogens with two attached hydrogens (primary N) is 1. The maximum atomic E-state index is 12.2. The number of nitrogens with zero attached hydrogens (tertiary/aromatic N) is 1. The summed E-state index contributed by atoms with van der Waals surface area (Å²) >= 11 is 11.5. The zero-order chi connectivity index (χ0) is 15.3. The molecule has 0 aliphatic rings. The first kappa shape index (κ1) is 17.0. The summed E-state index contributed by atoms with van der Waals surface area (Å²) in [6.07, 6.45) is 1.06.